The molecule has 0 aliphatic carbocycles. The van der Waals surface area contributed by atoms with E-state index in [0.29, 0.717) is 19.0 Å². The SMILES string of the molecule is C[C@@H]1CCCN(c2cc(N3CCS(=O)(=O)[C@@H](C)C3)ncn2)C1. The molecule has 0 unspecified atom stereocenters. The predicted molar refractivity (Wildman–Crippen MR) is 88.1 cm³/mol. The Morgan fingerprint density at radius 2 is 1.77 bits per heavy atom. The monoisotopic (exact) mass is 324 g/mol. The number of sulfone groups is 1. The smallest absolute Gasteiger partial charge is 0.156 e. The minimum atomic E-state index is -2.94. The molecular weight excluding hydrogens is 300 g/mol. The van der Waals surface area contributed by atoms with Gasteiger partial charge in [-0.05, 0) is 25.7 Å². The first-order valence-corrected chi connectivity index (χ1v) is 9.71. The maximum atomic E-state index is 11.8. The zero-order valence-electron chi connectivity index (χ0n) is 13.3. The molecule has 0 radical (unpaired) electrons. The van der Waals surface area contributed by atoms with Crippen molar-refractivity contribution in [3.63, 3.8) is 0 Å². The second kappa shape index (κ2) is 6.02. The summed E-state index contributed by atoms with van der Waals surface area (Å²) in [6.07, 6.45) is 4.06. The molecular formula is C15H24N4O2S. The van der Waals surface area contributed by atoms with E-state index < -0.39 is 9.84 Å². The molecule has 22 heavy (non-hydrogen) atoms. The molecule has 0 spiro atoms. The van der Waals surface area contributed by atoms with Gasteiger partial charge in [-0.25, -0.2) is 18.4 Å². The molecule has 0 bridgehead atoms. The first-order valence-electron chi connectivity index (χ1n) is 7.99. The normalized spacial score (nSPS) is 28.6. The van der Waals surface area contributed by atoms with Crippen molar-refractivity contribution in [3.8, 4) is 0 Å². The lowest BCUT2D eigenvalue weighted by Crippen LogP contribution is -2.46. The van der Waals surface area contributed by atoms with E-state index in [-0.39, 0.29) is 11.0 Å². The van der Waals surface area contributed by atoms with Crippen LogP contribution in [0.2, 0.25) is 0 Å². The summed E-state index contributed by atoms with van der Waals surface area (Å²) in [5.41, 5.74) is 0. The third-order valence-electron chi connectivity index (χ3n) is 4.68. The van der Waals surface area contributed by atoms with Crippen LogP contribution in [0, 0.1) is 5.92 Å². The average molecular weight is 324 g/mol. The van der Waals surface area contributed by atoms with Crippen LogP contribution < -0.4 is 9.80 Å². The van der Waals surface area contributed by atoms with Crippen molar-refractivity contribution in [3.05, 3.63) is 12.4 Å². The molecule has 0 amide bonds. The van der Waals surface area contributed by atoms with Gasteiger partial charge in [0.05, 0.1) is 11.0 Å². The van der Waals surface area contributed by atoms with E-state index in [1.165, 1.54) is 12.8 Å². The van der Waals surface area contributed by atoms with Crippen LogP contribution in [0.15, 0.2) is 12.4 Å². The maximum absolute atomic E-state index is 11.8. The number of hydrogen-bond donors (Lipinski definition) is 0. The van der Waals surface area contributed by atoms with E-state index >= 15 is 0 Å². The van der Waals surface area contributed by atoms with Crippen LogP contribution in [0.4, 0.5) is 11.6 Å². The van der Waals surface area contributed by atoms with Gasteiger partial charge in [-0.3, -0.25) is 0 Å². The Morgan fingerprint density at radius 3 is 2.41 bits per heavy atom. The van der Waals surface area contributed by atoms with Gasteiger partial charge in [0.2, 0.25) is 0 Å². The minimum Gasteiger partial charge on any atom is -0.356 e. The van der Waals surface area contributed by atoms with E-state index in [1.807, 2.05) is 6.07 Å². The highest BCUT2D eigenvalue weighted by atomic mass is 32.2. The highest BCUT2D eigenvalue weighted by molar-refractivity contribution is 7.92. The number of hydrogen-bond acceptors (Lipinski definition) is 6. The molecule has 2 aliphatic heterocycles. The van der Waals surface area contributed by atoms with Crippen LogP contribution in [0.25, 0.3) is 0 Å². The average Bonchev–Trinajstić information content (AvgIpc) is 2.50. The van der Waals surface area contributed by atoms with Crippen molar-refractivity contribution in [1.82, 2.24) is 9.97 Å². The van der Waals surface area contributed by atoms with Gasteiger partial charge < -0.3 is 9.80 Å². The highest BCUT2D eigenvalue weighted by Gasteiger charge is 2.30. The number of nitrogens with zero attached hydrogens (tertiary/aromatic N) is 4. The van der Waals surface area contributed by atoms with E-state index in [4.69, 9.17) is 0 Å². The van der Waals surface area contributed by atoms with Crippen LogP contribution in [-0.2, 0) is 9.84 Å². The van der Waals surface area contributed by atoms with Crippen molar-refractivity contribution in [2.75, 3.05) is 41.7 Å². The molecule has 2 fully saturated rings. The number of rotatable bonds is 2. The Bertz CT molecular complexity index is 634. The van der Waals surface area contributed by atoms with E-state index in [2.05, 4.69) is 26.7 Å². The first kappa shape index (κ1) is 15.5. The van der Waals surface area contributed by atoms with Gasteiger partial charge in [0.25, 0.3) is 0 Å². The summed E-state index contributed by atoms with van der Waals surface area (Å²) in [4.78, 5) is 13.1. The van der Waals surface area contributed by atoms with Gasteiger partial charge in [0.15, 0.2) is 9.84 Å². The lowest BCUT2D eigenvalue weighted by molar-refractivity contribution is 0.444. The summed E-state index contributed by atoms with van der Waals surface area (Å²) in [6, 6.07) is 2.00. The molecule has 2 saturated heterocycles. The van der Waals surface area contributed by atoms with E-state index in [0.717, 1.165) is 24.7 Å². The third kappa shape index (κ3) is 3.19. The van der Waals surface area contributed by atoms with Crippen LogP contribution in [-0.4, -0.2) is 55.6 Å². The molecule has 0 N–H and O–H groups in total. The number of anilines is 2. The highest BCUT2D eigenvalue weighted by Crippen LogP contribution is 2.25. The Balaban J connectivity index is 1.77. The summed E-state index contributed by atoms with van der Waals surface area (Å²) < 4.78 is 23.7. The van der Waals surface area contributed by atoms with Crippen LogP contribution in [0.5, 0.6) is 0 Å². The molecule has 2 atom stereocenters. The zero-order chi connectivity index (χ0) is 15.7. The van der Waals surface area contributed by atoms with Crippen molar-refractivity contribution < 1.29 is 8.42 Å². The summed E-state index contributed by atoms with van der Waals surface area (Å²) in [5.74, 6) is 2.68. The Kier molecular flexibility index (Phi) is 4.25. The Hall–Kier alpha value is -1.37. The zero-order valence-corrected chi connectivity index (χ0v) is 14.1. The molecule has 3 heterocycles. The fraction of sp³-hybridized carbons (Fsp3) is 0.733. The summed E-state index contributed by atoms with van der Waals surface area (Å²) in [7, 11) is -2.94. The number of piperidine rings is 1. The fourth-order valence-electron chi connectivity index (χ4n) is 3.24. The van der Waals surface area contributed by atoms with Gasteiger partial charge in [-0.2, -0.15) is 0 Å². The van der Waals surface area contributed by atoms with Gasteiger partial charge in [0.1, 0.15) is 18.0 Å². The van der Waals surface area contributed by atoms with Gasteiger partial charge in [0, 0.05) is 32.2 Å². The van der Waals surface area contributed by atoms with Crippen LogP contribution >= 0.6 is 0 Å². The lowest BCUT2D eigenvalue weighted by Gasteiger charge is -2.34. The summed E-state index contributed by atoms with van der Waals surface area (Å²) in [5, 5.41) is -0.338. The van der Waals surface area contributed by atoms with Crippen LogP contribution in [0.3, 0.4) is 0 Å². The van der Waals surface area contributed by atoms with Crippen molar-refractivity contribution in [2.45, 2.75) is 31.9 Å². The lowest BCUT2D eigenvalue weighted by atomic mass is 10.0. The Labute approximate surface area is 132 Å². The molecule has 7 heteroatoms. The molecule has 0 aromatic carbocycles. The van der Waals surface area contributed by atoms with E-state index in [1.54, 1.807) is 13.3 Å². The molecule has 0 saturated carbocycles. The van der Waals surface area contributed by atoms with Crippen molar-refractivity contribution >= 4 is 21.5 Å². The van der Waals surface area contributed by atoms with Crippen molar-refractivity contribution in [1.29, 1.82) is 0 Å². The molecule has 122 valence electrons. The minimum absolute atomic E-state index is 0.203. The quantitative estimate of drug-likeness (QED) is 0.818. The van der Waals surface area contributed by atoms with Gasteiger partial charge in [-0.1, -0.05) is 6.92 Å². The summed E-state index contributed by atoms with van der Waals surface area (Å²) in [6.45, 7) is 7.13. The van der Waals surface area contributed by atoms with Gasteiger partial charge in [-0.15, -0.1) is 0 Å². The first-order chi connectivity index (χ1) is 10.5. The Morgan fingerprint density at radius 1 is 1.09 bits per heavy atom. The maximum Gasteiger partial charge on any atom is 0.156 e. The molecule has 6 nitrogen and oxygen atoms in total. The standard InChI is InChI=1S/C15H24N4O2S/c1-12-4-3-5-18(9-12)14-8-15(17-11-16-14)19-6-7-22(20,21)13(2)10-19/h8,11-13H,3-7,9-10H2,1-2H3/t12-,13+/m1/s1. The summed E-state index contributed by atoms with van der Waals surface area (Å²) >= 11 is 0. The van der Waals surface area contributed by atoms with Gasteiger partial charge >= 0.3 is 0 Å². The molecule has 1 aromatic rings. The van der Waals surface area contributed by atoms with E-state index in [9.17, 15) is 8.42 Å². The molecule has 3 rings (SSSR count). The third-order valence-corrected chi connectivity index (χ3v) is 6.81. The van der Waals surface area contributed by atoms with Crippen LogP contribution in [0.1, 0.15) is 26.7 Å². The largest absolute Gasteiger partial charge is 0.356 e. The second-order valence-electron chi connectivity index (χ2n) is 6.55. The molecule has 1 aromatic heterocycles. The molecule has 2 aliphatic rings. The fourth-order valence-corrected chi connectivity index (χ4v) is 4.53. The number of aromatic nitrogens is 2. The van der Waals surface area contributed by atoms with Crippen molar-refractivity contribution in [2.24, 2.45) is 5.92 Å². The topological polar surface area (TPSA) is 66.4 Å². The second-order valence-corrected chi connectivity index (χ2v) is 9.09. The predicted octanol–water partition coefficient (Wildman–Crippen LogP) is 1.34.